The fourth-order valence-electron chi connectivity index (χ4n) is 2.92. The molecule has 9 nitrogen and oxygen atoms in total. The van der Waals surface area contributed by atoms with Crippen molar-refractivity contribution < 1.29 is 19.0 Å². The molecule has 1 aliphatic rings. The summed E-state index contributed by atoms with van der Waals surface area (Å²) >= 11 is 12.0. The fraction of sp³-hybridized carbons (Fsp3) is 0.526. The van der Waals surface area contributed by atoms with E-state index >= 15 is 0 Å². The predicted octanol–water partition coefficient (Wildman–Crippen LogP) is 2.85. The van der Waals surface area contributed by atoms with Crippen molar-refractivity contribution >= 4 is 29.1 Å². The molecule has 0 unspecified atom stereocenters. The molecule has 1 N–H and O–H groups in total. The SMILES string of the molecule is CC(=O)N[C@@H](C)COC1CC(COc2ncnc(OCc3ccc(Cl)nn3)c2Cl)C1. The lowest BCUT2D eigenvalue weighted by Crippen LogP contribution is -2.40. The number of carbonyl (C=O) groups is 1. The van der Waals surface area contributed by atoms with E-state index in [1.165, 1.54) is 13.3 Å². The summed E-state index contributed by atoms with van der Waals surface area (Å²) in [7, 11) is 0. The second kappa shape index (κ2) is 10.7. The molecule has 2 aromatic rings. The maximum absolute atomic E-state index is 11.0. The summed E-state index contributed by atoms with van der Waals surface area (Å²) in [5, 5.41) is 11.0. The lowest BCUT2D eigenvalue weighted by Gasteiger charge is -2.35. The lowest BCUT2D eigenvalue weighted by molar-refractivity contribution is -0.120. The highest BCUT2D eigenvalue weighted by molar-refractivity contribution is 6.33. The van der Waals surface area contributed by atoms with E-state index in [2.05, 4.69) is 25.5 Å². The van der Waals surface area contributed by atoms with E-state index in [4.69, 9.17) is 37.4 Å². The Hall–Kier alpha value is -2.23. The van der Waals surface area contributed by atoms with Crippen molar-refractivity contribution in [3.8, 4) is 11.8 Å². The zero-order valence-corrected chi connectivity index (χ0v) is 18.2. The van der Waals surface area contributed by atoms with Gasteiger partial charge in [0.25, 0.3) is 0 Å². The Morgan fingerprint density at radius 1 is 1.20 bits per heavy atom. The molecule has 30 heavy (non-hydrogen) atoms. The molecule has 1 atom stereocenters. The minimum Gasteiger partial charge on any atom is -0.476 e. The van der Waals surface area contributed by atoms with Crippen molar-refractivity contribution in [3.63, 3.8) is 0 Å². The molecule has 0 saturated heterocycles. The zero-order chi connectivity index (χ0) is 21.5. The summed E-state index contributed by atoms with van der Waals surface area (Å²) in [6.45, 7) is 4.51. The Morgan fingerprint density at radius 3 is 2.60 bits per heavy atom. The number of aromatic nitrogens is 4. The van der Waals surface area contributed by atoms with Crippen molar-refractivity contribution in [1.29, 1.82) is 0 Å². The number of amides is 1. The Kier molecular flexibility index (Phi) is 8.01. The van der Waals surface area contributed by atoms with Crippen LogP contribution in [0, 0.1) is 5.92 Å². The van der Waals surface area contributed by atoms with Crippen molar-refractivity contribution in [3.05, 3.63) is 34.3 Å². The smallest absolute Gasteiger partial charge is 0.240 e. The summed E-state index contributed by atoms with van der Waals surface area (Å²) in [5.74, 6) is 0.774. The molecule has 11 heteroatoms. The third kappa shape index (κ3) is 6.65. The first-order chi connectivity index (χ1) is 14.4. The minimum absolute atomic E-state index is 0.00472. The second-order valence-corrected chi connectivity index (χ2v) is 7.90. The van der Waals surface area contributed by atoms with E-state index in [0.29, 0.717) is 30.0 Å². The molecular weight excluding hydrogens is 433 g/mol. The molecule has 0 radical (unpaired) electrons. The van der Waals surface area contributed by atoms with E-state index in [1.807, 2.05) is 6.92 Å². The van der Waals surface area contributed by atoms with Gasteiger partial charge in [0.1, 0.15) is 18.6 Å². The molecule has 1 fully saturated rings. The monoisotopic (exact) mass is 455 g/mol. The van der Waals surface area contributed by atoms with E-state index in [-0.39, 0.29) is 41.4 Å². The molecule has 1 saturated carbocycles. The normalized spacial score (nSPS) is 18.9. The van der Waals surface area contributed by atoms with Gasteiger partial charge in [-0.25, -0.2) is 9.97 Å². The number of ether oxygens (including phenoxy) is 3. The summed E-state index contributed by atoms with van der Waals surface area (Å²) in [6.07, 6.45) is 3.28. The molecule has 3 rings (SSSR count). The summed E-state index contributed by atoms with van der Waals surface area (Å²) < 4.78 is 17.1. The maximum atomic E-state index is 11.0. The van der Waals surface area contributed by atoms with Crippen LogP contribution in [0.3, 0.4) is 0 Å². The number of carbonyl (C=O) groups excluding carboxylic acids is 1. The first kappa shape index (κ1) is 22.5. The van der Waals surface area contributed by atoms with Gasteiger partial charge in [-0.1, -0.05) is 23.2 Å². The van der Waals surface area contributed by atoms with Crippen molar-refractivity contribution in [2.24, 2.45) is 5.92 Å². The lowest BCUT2D eigenvalue weighted by atomic mass is 9.83. The second-order valence-electron chi connectivity index (χ2n) is 7.14. The topological polar surface area (TPSA) is 108 Å². The molecule has 0 bridgehead atoms. The minimum atomic E-state index is -0.0582. The molecule has 1 aliphatic carbocycles. The Labute approximate surface area is 184 Å². The van der Waals surface area contributed by atoms with Gasteiger partial charge in [-0.05, 0) is 37.8 Å². The van der Waals surface area contributed by atoms with Crippen LogP contribution in [-0.4, -0.2) is 51.4 Å². The molecule has 0 spiro atoms. The van der Waals surface area contributed by atoms with Crippen molar-refractivity contribution in [2.45, 2.75) is 45.4 Å². The Morgan fingerprint density at radius 2 is 1.93 bits per heavy atom. The van der Waals surface area contributed by atoms with Gasteiger partial charge in [0.15, 0.2) is 10.2 Å². The number of rotatable bonds is 10. The molecule has 1 amide bonds. The predicted molar refractivity (Wildman–Crippen MR) is 110 cm³/mol. The average Bonchev–Trinajstić information content (AvgIpc) is 2.67. The van der Waals surface area contributed by atoms with E-state index in [9.17, 15) is 4.79 Å². The van der Waals surface area contributed by atoms with Crippen LogP contribution in [0.15, 0.2) is 18.5 Å². The fourth-order valence-corrected chi connectivity index (χ4v) is 3.22. The number of hydrogen-bond acceptors (Lipinski definition) is 8. The number of hydrogen-bond donors (Lipinski definition) is 1. The molecule has 0 aromatic carbocycles. The largest absolute Gasteiger partial charge is 0.476 e. The summed E-state index contributed by atoms with van der Waals surface area (Å²) in [6, 6.07) is 3.32. The zero-order valence-electron chi connectivity index (χ0n) is 16.7. The number of nitrogens with zero attached hydrogens (tertiary/aromatic N) is 4. The van der Waals surface area contributed by atoms with Gasteiger partial charge >= 0.3 is 0 Å². The maximum Gasteiger partial charge on any atom is 0.240 e. The summed E-state index contributed by atoms with van der Waals surface area (Å²) in [5.41, 5.74) is 0.588. The van der Waals surface area contributed by atoms with Crippen LogP contribution < -0.4 is 14.8 Å². The molecule has 0 aliphatic heterocycles. The van der Waals surface area contributed by atoms with Crippen molar-refractivity contribution in [2.75, 3.05) is 13.2 Å². The molecule has 162 valence electrons. The Balaban J connectivity index is 1.40. The van der Waals surface area contributed by atoms with Gasteiger partial charge in [-0.2, -0.15) is 5.10 Å². The van der Waals surface area contributed by atoms with Crippen LogP contribution in [0.5, 0.6) is 11.8 Å². The van der Waals surface area contributed by atoms with Crippen LogP contribution in [0.1, 0.15) is 32.4 Å². The van der Waals surface area contributed by atoms with Gasteiger partial charge < -0.3 is 19.5 Å². The summed E-state index contributed by atoms with van der Waals surface area (Å²) in [4.78, 5) is 19.1. The van der Waals surface area contributed by atoms with Gasteiger partial charge in [0.05, 0.1) is 19.3 Å². The highest BCUT2D eigenvalue weighted by atomic mass is 35.5. The molecular formula is C19H23Cl2N5O4. The molecule has 2 heterocycles. The van der Waals surface area contributed by atoms with E-state index in [0.717, 1.165) is 12.8 Å². The number of nitrogens with one attached hydrogen (secondary N) is 1. The van der Waals surface area contributed by atoms with E-state index < -0.39 is 0 Å². The Bertz CT molecular complexity index is 849. The first-order valence-electron chi connectivity index (χ1n) is 9.53. The van der Waals surface area contributed by atoms with Crippen LogP contribution in [0.4, 0.5) is 0 Å². The van der Waals surface area contributed by atoms with Crippen molar-refractivity contribution in [1.82, 2.24) is 25.5 Å². The van der Waals surface area contributed by atoms with Gasteiger partial charge in [-0.3, -0.25) is 4.79 Å². The van der Waals surface area contributed by atoms with Gasteiger partial charge in [0, 0.05) is 13.0 Å². The highest BCUT2D eigenvalue weighted by Gasteiger charge is 2.31. The number of halogens is 2. The van der Waals surface area contributed by atoms with Crippen LogP contribution in [0.2, 0.25) is 10.2 Å². The van der Waals surface area contributed by atoms with Crippen LogP contribution in [-0.2, 0) is 16.1 Å². The highest BCUT2D eigenvalue weighted by Crippen LogP contribution is 2.34. The first-order valence-corrected chi connectivity index (χ1v) is 10.3. The average molecular weight is 456 g/mol. The standard InChI is InChI=1S/C19H23Cl2N5O4/c1-11(24-12(2)27)7-28-15-5-13(6-15)8-29-18-17(21)19(23-10-22-18)30-9-14-3-4-16(20)26-25-14/h3-4,10-11,13,15H,5-9H2,1-2H3,(H,24,27)/t11-,13?,15?/m0/s1. The third-order valence-corrected chi connectivity index (χ3v) is 4.97. The van der Waals surface area contributed by atoms with Gasteiger partial charge in [-0.15, -0.1) is 5.10 Å². The molecule has 2 aromatic heterocycles. The van der Waals surface area contributed by atoms with Gasteiger partial charge in [0.2, 0.25) is 17.7 Å². The van der Waals surface area contributed by atoms with Crippen LogP contribution in [0.25, 0.3) is 0 Å². The van der Waals surface area contributed by atoms with E-state index in [1.54, 1.807) is 12.1 Å². The van der Waals surface area contributed by atoms with Crippen LogP contribution >= 0.6 is 23.2 Å². The quantitative estimate of drug-likeness (QED) is 0.582. The third-order valence-electron chi connectivity index (χ3n) is 4.45.